The van der Waals surface area contributed by atoms with Crippen LogP contribution in [0.3, 0.4) is 0 Å². The van der Waals surface area contributed by atoms with E-state index in [0.717, 1.165) is 6.42 Å². The fraction of sp³-hybridized carbons (Fsp3) is 0.750. The highest BCUT2D eigenvalue weighted by Gasteiger charge is 2.45. The Balaban J connectivity index is 2.49. The molecule has 5 nitrogen and oxygen atoms in total. The van der Waals surface area contributed by atoms with Gasteiger partial charge in [-0.05, 0) is 26.3 Å². The van der Waals surface area contributed by atoms with Crippen LogP contribution in [0.2, 0.25) is 0 Å². The van der Waals surface area contributed by atoms with Crippen LogP contribution in [-0.4, -0.2) is 36.1 Å². The summed E-state index contributed by atoms with van der Waals surface area (Å²) in [5.74, 6) is -1.19. The summed E-state index contributed by atoms with van der Waals surface area (Å²) in [4.78, 5) is 21.9. The molecule has 1 saturated carbocycles. The molecule has 0 aliphatic heterocycles. The first-order valence-electron chi connectivity index (χ1n) is 4.30. The van der Waals surface area contributed by atoms with Gasteiger partial charge in [-0.3, -0.25) is 4.79 Å². The Kier molecular flexibility index (Phi) is 2.87. The Labute approximate surface area is 76.5 Å². The highest BCUT2D eigenvalue weighted by molar-refractivity contribution is 5.88. The van der Waals surface area contributed by atoms with E-state index in [1.54, 1.807) is 7.05 Å². The number of aliphatic carboxylic acids is 1. The lowest BCUT2D eigenvalue weighted by atomic mass is 9.77. The summed E-state index contributed by atoms with van der Waals surface area (Å²) < 4.78 is 0. The molecule has 0 aromatic carbocycles. The molecule has 0 aromatic heterocycles. The van der Waals surface area contributed by atoms with Crippen molar-refractivity contribution in [2.24, 2.45) is 0 Å². The van der Waals surface area contributed by atoms with Crippen LogP contribution in [0.25, 0.3) is 0 Å². The van der Waals surface area contributed by atoms with Crippen molar-refractivity contribution in [3.05, 3.63) is 0 Å². The number of likely N-dealkylation sites (N-methyl/N-ethyl adjacent to an activating group) is 1. The molecule has 1 amide bonds. The lowest BCUT2D eigenvalue weighted by molar-refractivity contribution is -0.151. The molecule has 0 aromatic rings. The Morgan fingerprint density at radius 2 is 2.08 bits per heavy atom. The predicted octanol–water partition coefficient (Wildman–Crippen LogP) is -0.671. The van der Waals surface area contributed by atoms with Crippen molar-refractivity contribution in [2.45, 2.75) is 24.8 Å². The number of hydrogen-bond acceptors (Lipinski definition) is 3. The third kappa shape index (κ3) is 1.98. The zero-order valence-electron chi connectivity index (χ0n) is 7.59. The molecule has 0 unspecified atom stereocenters. The number of carbonyl (C=O) groups is 2. The first-order chi connectivity index (χ1) is 6.10. The maximum Gasteiger partial charge on any atom is 0.329 e. The number of carboxylic acids is 1. The van der Waals surface area contributed by atoms with E-state index in [0.29, 0.717) is 12.8 Å². The van der Waals surface area contributed by atoms with Gasteiger partial charge >= 0.3 is 5.97 Å². The molecule has 74 valence electrons. The van der Waals surface area contributed by atoms with E-state index in [1.807, 2.05) is 0 Å². The summed E-state index contributed by atoms with van der Waals surface area (Å²) in [5, 5.41) is 14.1. The van der Waals surface area contributed by atoms with Gasteiger partial charge in [0.05, 0.1) is 6.54 Å². The molecular weight excluding hydrogens is 172 g/mol. The third-order valence-corrected chi connectivity index (χ3v) is 2.33. The summed E-state index contributed by atoms with van der Waals surface area (Å²) in [6.07, 6.45) is 1.95. The van der Waals surface area contributed by atoms with Crippen molar-refractivity contribution in [1.82, 2.24) is 10.6 Å². The number of carbonyl (C=O) groups excluding carboxylic acids is 1. The van der Waals surface area contributed by atoms with Crippen LogP contribution in [0, 0.1) is 0 Å². The second-order valence-corrected chi connectivity index (χ2v) is 3.32. The van der Waals surface area contributed by atoms with Crippen LogP contribution in [0.4, 0.5) is 0 Å². The first kappa shape index (κ1) is 9.98. The maximum absolute atomic E-state index is 11.1. The predicted molar refractivity (Wildman–Crippen MR) is 46.3 cm³/mol. The Morgan fingerprint density at radius 3 is 2.38 bits per heavy atom. The van der Waals surface area contributed by atoms with E-state index >= 15 is 0 Å². The third-order valence-electron chi connectivity index (χ3n) is 2.33. The number of nitrogens with one attached hydrogen (secondary N) is 2. The fourth-order valence-electron chi connectivity index (χ4n) is 1.39. The Hall–Kier alpha value is -1.10. The Morgan fingerprint density at radius 1 is 1.46 bits per heavy atom. The van der Waals surface area contributed by atoms with E-state index in [2.05, 4.69) is 10.6 Å². The molecule has 13 heavy (non-hydrogen) atoms. The standard InChI is InChI=1S/C8H14N2O3/c1-9-5-6(11)10-8(7(12)13)3-2-4-8/h9H,2-5H2,1H3,(H,10,11)(H,12,13). The average Bonchev–Trinajstić information content (AvgIpc) is 1.96. The second-order valence-electron chi connectivity index (χ2n) is 3.32. The number of hydrogen-bond donors (Lipinski definition) is 3. The lowest BCUT2D eigenvalue weighted by Gasteiger charge is -2.38. The minimum Gasteiger partial charge on any atom is -0.480 e. The zero-order chi connectivity index (χ0) is 9.90. The van der Waals surface area contributed by atoms with Crippen LogP contribution in [-0.2, 0) is 9.59 Å². The van der Waals surface area contributed by atoms with E-state index in [4.69, 9.17) is 5.11 Å². The minimum atomic E-state index is -0.978. The molecule has 3 N–H and O–H groups in total. The van der Waals surface area contributed by atoms with E-state index < -0.39 is 11.5 Å². The molecule has 0 saturated heterocycles. The van der Waals surface area contributed by atoms with Gasteiger partial charge in [0, 0.05) is 0 Å². The lowest BCUT2D eigenvalue weighted by Crippen LogP contribution is -2.60. The maximum atomic E-state index is 11.1. The summed E-state index contributed by atoms with van der Waals surface area (Å²) in [7, 11) is 1.65. The largest absolute Gasteiger partial charge is 0.480 e. The summed E-state index contributed by atoms with van der Waals surface area (Å²) in [6.45, 7) is 0.162. The molecule has 1 aliphatic carbocycles. The van der Waals surface area contributed by atoms with Crippen molar-refractivity contribution in [3.63, 3.8) is 0 Å². The second kappa shape index (κ2) is 3.74. The van der Waals surface area contributed by atoms with Crippen LogP contribution < -0.4 is 10.6 Å². The van der Waals surface area contributed by atoms with Gasteiger partial charge in [-0.25, -0.2) is 4.79 Å². The molecule has 0 atom stereocenters. The van der Waals surface area contributed by atoms with Gasteiger partial charge in [0.15, 0.2) is 0 Å². The molecule has 0 radical (unpaired) electrons. The van der Waals surface area contributed by atoms with Gasteiger partial charge in [0.25, 0.3) is 0 Å². The summed E-state index contributed by atoms with van der Waals surface area (Å²) in [6, 6.07) is 0. The molecule has 0 spiro atoms. The summed E-state index contributed by atoms with van der Waals surface area (Å²) >= 11 is 0. The van der Waals surface area contributed by atoms with Gasteiger partial charge in [-0.1, -0.05) is 0 Å². The smallest absolute Gasteiger partial charge is 0.329 e. The van der Waals surface area contributed by atoms with Crippen molar-refractivity contribution in [3.8, 4) is 0 Å². The molecule has 5 heteroatoms. The SMILES string of the molecule is CNCC(=O)NC1(C(=O)O)CCC1. The zero-order valence-corrected chi connectivity index (χ0v) is 7.59. The van der Waals surface area contributed by atoms with Crippen molar-refractivity contribution in [1.29, 1.82) is 0 Å². The van der Waals surface area contributed by atoms with E-state index in [-0.39, 0.29) is 12.5 Å². The quantitative estimate of drug-likeness (QED) is 0.544. The highest BCUT2D eigenvalue weighted by Crippen LogP contribution is 2.31. The minimum absolute atomic E-state index is 0.162. The molecule has 1 rings (SSSR count). The van der Waals surface area contributed by atoms with Crippen molar-refractivity contribution in [2.75, 3.05) is 13.6 Å². The van der Waals surface area contributed by atoms with E-state index in [9.17, 15) is 9.59 Å². The Bertz CT molecular complexity index is 223. The fourth-order valence-corrected chi connectivity index (χ4v) is 1.39. The number of rotatable bonds is 4. The molecule has 0 heterocycles. The van der Waals surface area contributed by atoms with Gasteiger partial charge in [-0.15, -0.1) is 0 Å². The molecule has 0 bridgehead atoms. The van der Waals surface area contributed by atoms with E-state index in [1.165, 1.54) is 0 Å². The normalized spacial score (nSPS) is 18.8. The van der Waals surface area contributed by atoms with Gasteiger partial charge in [0.2, 0.25) is 5.91 Å². The molecule has 1 aliphatic rings. The molecule has 1 fully saturated rings. The summed E-state index contributed by atoms with van der Waals surface area (Å²) in [5.41, 5.74) is -0.978. The average molecular weight is 186 g/mol. The van der Waals surface area contributed by atoms with Crippen LogP contribution in [0.5, 0.6) is 0 Å². The van der Waals surface area contributed by atoms with Crippen LogP contribution in [0.1, 0.15) is 19.3 Å². The topological polar surface area (TPSA) is 78.4 Å². The first-order valence-corrected chi connectivity index (χ1v) is 4.30. The monoisotopic (exact) mass is 186 g/mol. The van der Waals surface area contributed by atoms with Gasteiger partial charge < -0.3 is 15.7 Å². The van der Waals surface area contributed by atoms with Gasteiger partial charge in [-0.2, -0.15) is 0 Å². The number of amides is 1. The van der Waals surface area contributed by atoms with Crippen molar-refractivity contribution >= 4 is 11.9 Å². The van der Waals surface area contributed by atoms with Crippen molar-refractivity contribution < 1.29 is 14.7 Å². The van der Waals surface area contributed by atoms with Crippen LogP contribution >= 0.6 is 0 Å². The highest BCUT2D eigenvalue weighted by atomic mass is 16.4. The van der Waals surface area contributed by atoms with Crippen LogP contribution in [0.15, 0.2) is 0 Å². The number of carboxylic acid groups (broad SMARTS) is 1. The molecular formula is C8H14N2O3. The van der Waals surface area contributed by atoms with Gasteiger partial charge in [0.1, 0.15) is 5.54 Å².